The molecule has 2 aliphatic heterocycles. The van der Waals surface area contributed by atoms with Crippen LogP contribution in [-0.2, 0) is 18.9 Å². The first-order chi connectivity index (χ1) is 11.1. The van der Waals surface area contributed by atoms with Crippen LogP contribution in [0, 0.1) is 0 Å². The number of alkyl halides is 1. The summed E-state index contributed by atoms with van der Waals surface area (Å²) in [6.07, 6.45) is 10.0. The minimum absolute atomic E-state index is 0.00939. The average Bonchev–Trinajstić information content (AvgIpc) is 2.97. The summed E-state index contributed by atoms with van der Waals surface area (Å²) in [5.74, 6) is -0.577. The quantitative estimate of drug-likeness (QED) is 0.374. The summed E-state index contributed by atoms with van der Waals surface area (Å²) >= 11 is 3.50. The van der Waals surface area contributed by atoms with E-state index >= 15 is 0 Å². The molecule has 4 atom stereocenters. The molecule has 0 N–H and O–H groups in total. The summed E-state index contributed by atoms with van der Waals surface area (Å²) < 4.78 is 23.7. The maximum absolute atomic E-state index is 6.10. The molecule has 136 valence electrons. The molecule has 0 aromatic rings. The zero-order valence-electron chi connectivity index (χ0n) is 14.9. The first-order valence-corrected chi connectivity index (χ1v) is 10.4. The van der Waals surface area contributed by atoms with Crippen LogP contribution in [0.2, 0.25) is 0 Å². The van der Waals surface area contributed by atoms with Gasteiger partial charge in [0.25, 0.3) is 0 Å². The molecule has 5 heteroatoms. The first kappa shape index (κ1) is 19.6. The lowest BCUT2D eigenvalue weighted by Gasteiger charge is -2.25. The molecule has 0 aliphatic carbocycles. The molecule has 2 rings (SSSR count). The van der Waals surface area contributed by atoms with Gasteiger partial charge in [-0.3, -0.25) is 0 Å². The van der Waals surface area contributed by atoms with Crippen LogP contribution in [0.3, 0.4) is 0 Å². The van der Waals surface area contributed by atoms with Gasteiger partial charge in [-0.05, 0) is 20.3 Å². The summed E-state index contributed by atoms with van der Waals surface area (Å²) in [5.41, 5.74) is 0. The Morgan fingerprint density at radius 2 is 1.61 bits per heavy atom. The first-order valence-electron chi connectivity index (χ1n) is 9.26. The Morgan fingerprint density at radius 3 is 2.26 bits per heavy atom. The lowest BCUT2D eigenvalue weighted by molar-refractivity contribution is -0.215. The van der Waals surface area contributed by atoms with Crippen molar-refractivity contribution in [1.82, 2.24) is 0 Å². The van der Waals surface area contributed by atoms with E-state index < -0.39 is 5.79 Å². The van der Waals surface area contributed by atoms with E-state index in [0.717, 1.165) is 18.4 Å². The zero-order valence-corrected chi connectivity index (χ0v) is 16.5. The number of fused-ring (bicyclic) bond motifs is 1. The molecule has 2 saturated heterocycles. The van der Waals surface area contributed by atoms with E-state index in [1.807, 2.05) is 13.8 Å². The maximum Gasteiger partial charge on any atom is 0.190 e. The number of hydrogen-bond acceptors (Lipinski definition) is 4. The zero-order chi connectivity index (χ0) is 16.7. The van der Waals surface area contributed by atoms with Crippen LogP contribution in [0.25, 0.3) is 0 Å². The van der Waals surface area contributed by atoms with Gasteiger partial charge >= 0.3 is 0 Å². The Bertz CT molecular complexity index is 337. The predicted octanol–water partition coefficient (Wildman–Crippen LogP) is 4.78. The molecule has 0 spiro atoms. The van der Waals surface area contributed by atoms with Crippen LogP contribution >= 0.6 is 15.9 Å². The van der Waals surface area contributed by atoms with Gasteiger partial charge in [0.2, 0.25) is 0 Å². The molecule has 23 heavy (non-hydrogen) atoms. The summed E-state index contributed by atoms with van der Waals surface area (Å²) in [6, 6.07) is 0. The van der Waals surface area contributed by atoms with Crippen molar-refractivity contribution in [2.45, 2.75) is 103 Å². The van der Waals surface area contributed by atoms with Crippen molar-refractivity contribution < 1.29 is 18.9 Å². The van der Waals surface area contributed by atoms with Crippen molar-refractivity contribution in [2.75, 3.05) is 11.9 Å². The highest BCUT2D eigenvalue weighted by atomic mass is 79.9. The number of unbranched alkanes of at least 4 members (excludes halogenated alkanes) is 7. The Kier molecular flexibility index (Phi) is 8.29. The van der Waals surface area contributed by atoms with Gasteiger partial charge in [0.1, 0.15) is 12.2 Å². The third-order valence-corrected chi connectivity index (χ3v) is 5.19. The van der Waals surface area contributed by atoms with Crippen molar-refractivity contribution in [2.24, 2.45) is 0 Å². The highest BCUT2D eigenvalue weighted by Crippen LogP contribution is 2.39. The number of ether oxygens (including phenoxy) is 4. The lowest BCUT2D eigenvalue weighted by atomic mass is 10.1. The lowest BCUT2D eigenvalue weighted by Crippen LogP contribution is -2.37. The standard InChI is InChI=1S/C18H33BrO4/c1-4-5-6-7-8-9-10-11-12-20-15-14(13-19)21-17-16(15)22-18(2,3)23-17/h14-17H,4-13H2,1-3H3/t14-,15+,16-,17-/m1/s1. The van der Waals surface area contributed by atoms with Crippen molar-refractivity contribution in [3.05, 3.63) is 0 Å². The SMILES string of the molecule is CCCCCCCCCCO[C@@H]1[C@H]2OC(C)(C)O[C@H]2O[C@@H]1CBr. The number of hydrogen-bond donors (Lipinski definition) is 0. The molecule has 0 radical (unpaired) electrons. The molecular formula is C18H33BrO4. The summed E-state index contributed by atoms with van der Waals surface area (Å²) in [4.78, 5) is 0. The predicted molar refractivity (Wildman–Crippen MR) is 94.8 cm³/mol. The Balaban J connectivity index is 1.60. The third-order valence-electron chi connectivity index (χ3n) is 4.55. The monoisotopic (exact) mass is 392 g/mol. The van der Waals surface area contributed by atoms with Crippen molar-refractivity contribution in [3.8, 4) is 0 Å². The van der Waals surface area contributed by atoms with Crippen molar-refractivity contribution in [1.29, 1.82) is 0 Å². The fourth-order valence-electron chi connectivity index (χ4n) is 3.33. The Morgan fingerprint density at radius 1 is 0.957 bits per heavy atom. The maximum atomic E-state index is 6.10. The summed E-state index contributed by atoms with van der Waals surface area (Å²) in [7, 11) is 0. The van der Waals surface area contributed by atoms with Gasteiger partial charge in [-0.2, -0.15) is 0 Å². The molecule has 2 fully saturated rings. The third kappa shape index (κ3) is 5.96. The van der Waals surface area contributed by atoms with Crippen LogP contribution in [0.15, 0.2) is 0 Å². The smallest absolute Gasteiger partial charge is 0.190 e. The highest BCUT2D eigenvalue weighted by Gasteiger charge is 2.54. The van der Waals surface area contributed by atoms with E-state index in [1.54, 1.807) is 0 Å². The second-order valence-electron chi connectivity index (χ2n) is 7.11. The van der Waals surface area contributed by atoms with E-state index in [1.165, 1.54) is 44.9 Å². The van der Waals surface area contributed by atoms with Gasteiger partial charge < -0.3 is 18.9 Å². The van der Waals surface area contributed by atoms with Gasteiger partial charge in [0.05, 0.1) is 6.10 Å². The largest absolute Gasteiger partial charge is 0.373 e. The van der Waals surface area contributed by atoms with E-state index in [0.29, 0.717) is 0 Å². The van der Waals surface area contributed by atoms with Gasteiger partial charge in [-0.1, -0.05) is 67.8 Å². The topological polar surface area (TPSA) is 36.9 Å². The fraction of sp³-hybridized carbons (Fsp3) is 1.00. The van der Waals surface area contributed by atoms with Gasteiger partial charge in [-0.15, -0.1) is 0 Å². The summed E-state index contributed by atoms with van der Waals surface area (Å²) in [5, 5.41) is 0.745. The molecular weight excluding hydrogens is 360 g/mol. The molecule has 2 heterocycles. The summed E-state index contributed by atoms with van der Waals surface area (Å²) in [6.45, 7) is 6.88. The van der Waals surface area contributed by atoms with Crippen LogP contribution in [-0.4, -0.2) is 42.3 Å². The normalized spacial score (nSPS) is 32.3. The van der Waals surface area contributed by atoms with E-state index in [-0.39, 0.29) is 24.6 Å². The van der Waals surface area contributed by atoms with E-state index in [9.17, 15) is 0 Å². The second-order valence-corrected chi connectivity index (χ2v) is 7.76. The minimum Gasteiger partial charge on any atom is -0.373 e. The van der Waals surface area contributed by atoms with Crippen molar-refractivity contribution >= 4 is 15.9 Å². The average molecular weight is 393 g/mol. The number of rotatable bonds is 11. The van der Waals surface area contributed by atoms with E-state index in [4.69, 9.17) is 18.9 Å². The van der Waals surface area contributed by atoms with Crippen LogP contribution in [0.5, 0.6) is 0 Å². The Hall–Kier alpha value is 0.320. The van der Waals surface area contributed by atoms with Crippen LogP contribution < -0.4 is 0 Å². The molecule has 2 aliphatic rings. The van der Waals surface area contributed by atoms with Crippen LogP contribution in [0.4, 0.5) is 0 Å². The van der Waals surface area contributed by atoms with Crippen LogP contribution in [0.1, 0.15) is 72.1 Å². The van der Waals surface area contributed by atoms with Gasteiger partial charge in [0, 0.05) is 11.9 Å². The second kappa shape index (κ2) is 9.71. The molecule has 0 amide bonds. The molecule has 0 aromatic heterocycles. The van der Waals surface area contributed by atoms with Gasteiger partial charge in [0.15, 0.2) is 12.1 Å². The number of halogens is 1. The van der Waals surface area contributed by atoms with Crippen molar-refractivity contribution in [3.63, 3.8) is 0 Å². The molecule has 0 aromatic carbocycles. The highest BCUT2D eigenvalue weighted by molar-refractivity contribution is 9.09. The molecule has 4 nitrogen and oxygen atoms in total. The molecule has 0 unspecified atom stereocenters. The van der Waals surface area contributed by atoms with E-state index in [2.05, 4.69) is 22.9 Å². The fourth-order valence-corrected chi connectivity index (χ4v) is 3.85. The Labute approximate surface area is 149 Å². The minimum atomic E-state index is -0.577. The molecule has 0 saturated carbocycles. The molecule has 0 bridgehead atoms. The van der Waals surface area contributed by atoms with Gasteiger partial charge in [-0.25, -0.2) is 0 Å².